The molecule has 2 aliphatic rings. The quantitative estimate of drug-likeness (QED) is 0.559. The third-order valence-corrected chi connectivity index (χ3v) is 3.66. The summed E-state index contributed by atoms with van der Waals surface area (Å²) in [5.74, 6) is -0.417. The van der Waals surface area contributed by atoms with Gasteiger partial charge < -0.3 is 21.5 Å². The maximum atomic E-state index is 11.9. The zero-order valence-electron chi connectivity index (χ0n) is 19.1. The van der Waals surface area contributed by atoms with Crippen LogP contribution in [0.15, 0.2) is 0 Å². The Labute approximate surface area is 168 Å². The number of nitrogens with one attached hydrogen (secondary N) is 2. The molecule has 1 heterocycles. The van der Waals surface area contributed by atoms with Crippen molar-refractivity contribution >= 4 is 11.8 Å². The van der Waals surface area contributed by atoms with E-state index in [-0.39, 0.29) is 11.9 Å². The van der Waals surface area contributed by atoms with Gasteiger partial charge in [-0.25, -0.2) is 0 Å². The van der Waals surface area contributed by atoms with Gasteiger partial charge in [0.1, 0.15) is 0 Å². The number of aliphatic hydroxyl groups excluding tert-OH is 1. The van der Waals surface area contributed by atoms with Crippen LogP contribution < -0.4 is 16.4 Å². The highest BCUT2D eigenvalue weighted by molar-refractivity contribution is 5.84. The Morgan fingerprint density at radius 2 is 1.56 bits per heavy atom. The maximum absolute atomic E-state index is 11.9. The summed E-state index contributed by atoms with van der Waals surface area (Å²) >= 11 is 0. The van der Waals surface area contributed by atoms with Gasteiger partial charge in [0.25, 0.3) is 0 Å². The van der Waals surface area contributed by atoms with E-state index < -0.39 is 18.1 Å². The number of amides is 2. The lowest BCUT2D eigenvalue weighted by Crippen LogP contribution is -2.53. The lowest BCUT2D eigenvalue weighted by atomic mass is 10.0. The fourth-order valence-electron chi connectivity index (χ4n) is 2.37. The Morgan fingerprint density at radius 1 is 1.07 bits per heavy atom. The number of carbonyl (C=O) groups excluding carboxylic acids is 2. The monoisotopic (exact) mass is 389 g/mol. The Hall–Kier alpha value is -1.14. The Balaban J connectivity index is -0.000000555. The van der Waals surface area contributed by atoms with E-state index >= 15 is 0 Å². The van der Waals surface area contributed by atoms with Gasteiger partial charge in [-0.15, -0.1) is 0 Å². The van der Waals surface area contributed by atoms with Crippen LogP contribution >= 0.6 is 0 Å². The zero-order valence-corrected chi connectivity index (χ0v) is 19.1. The first kappa shape index (κ1) is 30.6. The van der Waals surface area contributed by atoms with Gasteiger partial charge in [-0.1, -0.05) is 74.7 Å². The van der Waals surface area contributed by atoms with Crippen molar-refractivity contribution in [3.8, 4) is 0 Å². The molecule has 2 rings (SSSR count). The van der Waals surface area contributed by atoms with Gasteiger partial charge in [0.2, 0.25) is 11.8 Å². The highest BCUT2D eigenvalue weighted by Gasteiger charge is 2.34. The summed E-state index contributed by atoms with van der Waals surface area (Å²) in [6.45, 7) is 17.1. The van der Waals surface area contributed by atoms with Gasteiger partial charge in [0.05, 0.1) is 12.1 Å². The second-order valence-corrected chi connectivity index (χ2v) is 6.00. The Bertz CT molecular complexity index is 342. The van der Waals surface area contributed by atoms with Crippen molar-refractivity contribution in [2.45, 2.75) is 112 Å². The van der Waals surface area contributed by atoms with E-state index in [4.69, 9.17) is 5.73 Å². The van der Waals surface area contributed by atoms with Gasteiger partial charge >= 0.3 is 0 Å². The van der Waals surface area contributed by atoms with Gasteiger partial charge in [0, 0.05) is 0 Å². The third kappa shape index (κ3) is 15.6. The average Bonchev–Trinajstić information content (AvgIpc) is 3.34. The van der Waals surface area contributed by atoms with E-state index in [1.54, 1.807) is 0 Å². The van der Waals surface area contributed by atoms with Crippen molar-refractivity contribution in [3.63, 3.8) is 0 Å². The predicted molar refractivity (Wildman–Crippen MR) is 116 cm³/mol. The largest absolute Gasteiger partial charge is 0.381 e. The van der Waals surface area contributed by atoms with Crippen molar-refractivity contribution in [1.29, 1.82) is 0 Å². The molecule has 0 bridgehead atoms. The first-order valence-electron chi connectivity index (χ1n) is 11.0. The molecule has 27 heavy (non-hydrogen) atoms. The number of hydrogen-bond donors (Lipinski definition) is 4. The third-order valence-electron chi connectivity index (χ3n) is 3.66. The van der Waals surface area contributed by atoms with Crippen molar-refractivity contribution in [2.75, 3.05) is 6.54 Å². The predicted octanol–water partition coefficient (Wildman–Crippen LogP) is 3.36. The second kappa shape index (κ2) is 21.2. The van der Waals surface area contributed by atoms with Crippen LogP contribution in [0, 0.1) is 5.92 Å². The summed E-state index contributed by atoms with van der Waals surface area (Å²) in [5, 5.41) is 15.6. The van der Waals surface area contributed by atoms with E-state index in [0.717, 1.165) is 32.2 Å². The molecule has 0 aromatic heterocycles. The average molecular weight is 390 g/mol. The zero-order chi connectivity index (χ0) is 21.8. The molecule has 0 spiro atoms. The molecule has 6 nitrogen and oxygen atoms in total. The molecular formula is C21H47N3O3. The summed E-state index contributed by atoms with van der Waals surface area (Å²) in [7, 11) is 0. The molecule has 0 radical (unpaired) electrons. The van der Waals surface area contributed by atoms with Crippen LogP contribution in [0.4, 0.5) is 0 Å². The summed E-state index contributed by atoms with van der Waals surface area (Å²) in [6, 6.07) is -0.753. The maximum Gasteiger partial charge on any atom is 0.248 e. The summed E-state index contributed by atoms with van der Waals surface area (Å²) in [5.41, 5.74) is 5.11. The van der Waals surface area contributed by atoms with Crippen molar-refractivity contribution in [3.05, 3.63) is 0 Å². The second-order valence-electron chi connectivity index (χ2n) is 6.00. The van der Waals surface area contributed by atoms with Gasteiger partial charge in [-0.05, 0) is 31.7 Å². The molecule has 0 aromatic carbocycles. The standard InChI is InChI=1S/C12H21N3O3.C3H8.3C2H6/c13-11(17)10(16)9(6-7-3-4-7)15-12(18)8-2-1-5-14-8;1-3-2;3*1-2/h7-10,14,16H,1-6H2,(H2,13,17)(H,15,18);3H2,1-2H3;3*1-2H3. The smallest absolute Gasteiger partial charge is 0.248 e. The van der Waals surface area contributed by atoms with Crippen LogP contribution in [0.1, 0.15) is 93.9 Å². The summed E-state index contributed by atoms with van der Waals surface area (Å²) in [4.78, 5) is 23.0. The molecule has 1 aliphatic heterocycles. The van der Waals surface area contributed by atoms with Gasteiger partial charge in [-0.3, -0.25) is 9.59 Å². The van der Waals surface area contributed by atoms with Gasteiger partial charge in [0.15, 0.2) is 6.10 Å². The van der Waals surface area contributed by atoms with Crippen LogP contribution in [0.25, 0.3) is 0 Å². The van der Waals surface area contributed by atoms with Crippen LogP contribution in [0.3, 0.4) is 0 Å². The van der Waals surface area contributed by atoms with E-state index in [1.807, 2.05) is 41.5 Å². The van der Waals surface area contributed by atoms with Crippen LogP contribution in [-0.4, -0.2) is 41.7 Å². The van der Waals surface area contributed by atoms with Crippen LogP contribution in [-0.2, 0) is 9.59 Å². The Morgan fingerprint density at radius 3 is 1.89 bits per heavy atom. The van der Waals surface area contributed by atoms with E-state index in [0.29, 0.717) is 12.3 Å². The first-order valence-corrected chi connectivity index (χ1v) is 11.0. The molecule has 3 atom stereocenters. The number of carbonyl (C=O) groups is 2. The molecule has 3 unspecified atom stereocenters. The molecule has 2 amide bonds. The van der Waals surface area contributed by atoms with Crippen LogP contribution in [0.5, 0.6) is 0 Å². The molecule has 1 aliphatic carbocycles. The lowest BCUT2D eigenvalue weighted by molar-refractivity contribution is -0.130. The highest BCUT2D eigenvalue weighted by Crippen LogP contribution is 2.34. The molecular weight excluding hydrogens is 342 g/mol. The summed E-state index contributed by atoms with van der Waals surface area (Å²) in [6.07, 6.45) is 4.55. The number of hydrogen-bond acceptors (Lipinski definition) is 4. The molecule has 6 heteroatoms. The molecule has 2 fully saturated rings. The number of rotatable bonds is 6. The minimum Gasteiger partial charge on any atom is -0.381 e. The fourth-order valence-corrected chi connectivity index (χ4v) is 2.37. The molecule has 0 aromatic rings. The molecule has 5 N–H and O–H groups in total. The fraction of sp³-hybridized carbons (Fsp3) is 0.905. The normalized spacial score (nSPS) is 19.1. The van der Waals surface area contributed by atoms with Crippen molar-refractivity contribution in [1.82, 2.24) is 10.6 Å². The van der Waals surface area contributed by atoms with E-state index in [2.05, 4.69) is 24.5 Å². The minimum absolute atomic E-state index is 0.140. The number of aliphatic hydroxyl groups is 1. The molecule has 1 saturated carbocycles. The number of primary amides is 1. The SMILES string of the molecule is CC.CC.CC.CCC.NC(=O)C(O)C(CC1CC1)NC(=O)C1CCCN1. The van der Waals surface area contributed by atoms with Crippen molar-refractivity contribution in [2.24, 2.45) is 11.7 Å². The number of nitrogens with two attached hydrogens (primary N) is 1. The first-order chi connectivity index (χ1) is 13.0. The van der Waals surface area contributed by atoms with E-state index in [1.165, 1.54) is 6.42 Å². The lowest BCUT2D eigenvalue weighted by Gasteiger charge is -2.23. The highest BCUT2D eigenvalue weighted by atomic mass is 16.3. The topological polar surface area (TPSA) is 104 Å². The molecule has 164 valence electrons. The Kier molecular flexibility index (Phi) is 24.0. The minimum atomic E-state index is -1.30. The van der Waals surface area contributed by atoms with Gasteiger partial charge in [-0.2, -0.15) is 0 Å². The van der Waals surface area contributed by atoms with Crippen LogP contribution in [0.2, 0.25) is 0 Å². The molecule has 1 saturated heterocycles. The van der Waals surface area contributed by atoms with E-state index in [9.17, 15) is 14.7 Å². The van der Waals surface area contributed by atoms with Crippen molar-refractivity contribution < 1.29 is 14.7 Å². The summed E-state index contributed by atoms with van der Waals surface area (Å²) < 4.78 is 0.